The summed E-state index contributed by atoms with van der Waals surface area (Å²) in [6.45, 7) is 0. The minimum Gasteiger partial charge on any atom is -0.328 e. The van der Waals surface area contributed by atoms with E-state index < -0.39 is 40.6 Å². The first-order valence-electron chi connectivity index (χ1n) is 6.29. The van der Waals surface area contributed by atoms with Crippen LogP contribution in [0.4, 0.5) is 22.0 Å². The second-order valence-corrected chi connectivity index (χ2v) is 5.08. The zero-order chi connectivity index (χ0) is 14.6. The SMILES string of the molecule is O=C(c1c(F)c(F)c(F)c(F)c1F)N1C2CCCCC21. The van der Waals surface area contributed by atoms with E-state index in [9.17, 15) is 26.7 Å². The predicted octanol–water partition coefficient (Wildman–Crippen LogP) is 3.15. The van der Waals surface area contributed by atoms with E-state index in [2.05, 4.69) is 0 Å². The largest absolute Gasteiger partial charge is 0.328 e. The Bertz CT molecular complexity index is 562. The Morgan fingerprint density at radius 3 is 1.65 bits per heavy atom. The molecular weight excluding hydrogens is 281 g/mol. The van der Waals surface area contributed by atoms with Gasteiger partial charge in [0.2, 0.25) is 5.82 Å². The van der Waals surface area contributed by atoms with Crippen molar-refractivity contribution in [3.05, 3.63) is 34.6 Å². The van der Waals surface area contributed by atoms with Gasteiger partial charge in [-0.25, -0.2) is 22.0 Å². The fourth-order valence-corrected chi connectivity index (χ4v) is 2.93. The predicted molar refractivity (Wildman–Crippen MR) is 58.4 cm³/mol. The summed E-state index contributed by atoms with van der Waals surface area (Å²) in [5.74, 6) is -11.7. The molecule has 3 rings (SSSR count). The number of hydrogen-bond acceptors (Lipinski definition) is 1. The van der Waals surface area contributed by atoms with Gasteiger partial charge < -0.3 is 4.90 Å². The molecule has 1 saturated carbocycles. The molecule has 1 aliphatic heterocycles. The maximum absolute atomic E-state index is 13.6. The van der Waals surface area contributed by atoms with Gasteiger partial charge in [-0.05, 0) is 12.8 Å². The van der Waals surface area contributed by atoms with Gasteiger partial charge >= 0.3 is 0 Å². The Balaban J connectivity index is 2.01. The topological polar surface area (TPSA) is 20.1 Å². The van der Waals surface area contributed by atoms with E-state index in [0.29, 0.717) is 12.8 Å². The molecule has 20 heavy (non-hydrogen) atoms. The summed E-state index contributed by atoms with van der Waals surface area (Å²) in [5, 5.41) is 0. The second-order valence-electron chi connectivity index (χ2n) is 5.08. The van der Waals surface area contributed by atoms with Crippen molar-refractivity contribution < 1.29 is 26.7 Å². The van der Waals surface area contributed by atoms with Crippen LogP contribution in [-0.2, 0) is 0 Å². The molecule has 7 heteroatoms. The second kappa shape index (κ2) is 4.43. The molecule has 0 bridgehead atoms. The molecule has 0 spiro atoms. The highest BCUT2D eigenvalue weighted by Gasteiger charge is 2.52. The van der Waals surface area contributed by atoms with Crippen LogP contribution in [0.1, 0.15) is 36.0 Å². The van der Waals surface area contributed by atoms with Crippen molar-refractivity contribution in [2.24, 2.45) is 0 Å². The van der Waals surface area contributed by atoms with Crippen LogP contribution in [0, 0.1) is 29.1 Å². The Morgan fingerprint density at radius 2 is 1.20 bits per heavy atom. The number of carbonyl (C=O) groups excluding carboxylic acids is 1. The first-order valence-corrected chi connectivity index (χ1v) is 6.29. The summed E-state index contributed by atoms with van der Waals surface area (Å²) < 4.78 is 66.2. The lowest BCUT2D eigenvalue weighted by atomic mass is 10.0. The maximum atomic E-state index is 13.6. The minimum atomic E-state index is -2.25. The summed E-state index contributed by atoms with van der Waals surface area (Å²) in [5.41, 5.74) is -1.35. The summed E-state index contributed by atoms with van der Waals surface area (Å²) >= 11 is 0. The smallest absolute Gasteiger partial charge is 0.260 e. The number of benzene rings is 1. The van der Waals surface area contributed by atoms with E-state index in [1.54, 1.807) is 0 Å². The molecular formula is C13H10F5NO. The van der Waals surface area contributed by atoms with Crippen LogP contribution in [-0.4, -0.2) is 22.9 Å². The molecule has 1 aromatic carbocycles. The van der Waals surface area contributed by atoms with Crippen LogP contribution in [0.5, 0.6) is 0 Å². The third kappa shape index (κ3) is 1.72. The molecule has 108 valence electrons. The Morgan fingerprint density at radius 1 is 0.800 bits per heavy atom. The van der Waals surface area contributed by atoms with Crippen molar-refractivity contribution in [2.45, 2.75) is 37.8 Å². The van der Waals surface area contributed by atoms with Crippen LogP contribution < -0.4 is 0 Å². The van der Waals surface area contributed by atoms with Gasteiger partial charge in [-0.15, -0.1) is 0 Å². The number of nitrogens with zero attached hydrogens (tertiary/aromatic N) is 1. The van der Waals surface area contributed by atoms with Crippen molar-refractivity contribution in [3.63, 3.8) is 0 Å². The van der Waals surface area contributed by atoms with E-state index in [4.69, 9.17) is 0 Å². The van der Waals surface area contributed by atoms with Crippen molar-refractivity contribution in [1.82, 2.24) is 4.90 Å². The monoisotopic (exact) mass is 291 g/mol. The van der Waals surface area contributed by atoms with Gasteiger partial charge in [0, 0.05) is 0 Å². The average Bonchev–Trinajstić information content (AvgIpc) is 3.17. The molecule has 1 saturated heterocycles. The molecule has 1 aromatic rings. The van der Waals surface area contributed by atoms with Crippen LogP contribution >= 0.6 is 0 Å². The van der Waals surface area contributed by atoms with Crippen molar-refractivity contribution in [1.29, 1.82) is 0 Å². The maximum Gasteiger partial charge on any atom is 0.260 e. The quantitative estimate of drug-likeness (QED) is 0.337. The number of halogens is 5. The molecule has 2 unspecified atom stereocenters. The van der Waals surface area contributed by atoms with Gasteiger partial charge in [0.05, 0.1) is 12.1 Å². The molecule has 1 amide bonds. The summed E-state index contributed by atoms with van der Waals surface area (Å²) in [6.07, 6.45) is 3.18. The third-order valence-corrected chi connectivity index (χ3v) is 3.98. The Labute approximate surface area is 111 Å². The van der Waals surface area contributed by atoms with Gasteiger partial charge in [-0.2, -0.15) is 0 Å². The molecule has 0 N–H and O–H groups in total. The zero-order valence-corrected chi connectivity index (χ0v) is 10.2. The Kier molecular flexibility index (Phi) is 2.95. The van der Waals surface area contributed by atoms with Crippen LogP contribution in [0.15, 0.2) is 0 Å². The average molecular weight is 291 g/mol. The van der Waals surface area contributed by atoms with Crippen molar-refractivity contribution >= 4 is 5.91 Å². The highest BCUT2D eigenvalue weighted by atomic mass is 19.2. The van der Waals surface area contributed by atoms with E-state index >= 15 is 0 Å². The van der Waals surface area contributed by atoms with E-state index in [-0.39, 0.29) is 12.1 Å². The van der Waals surface area contributed by atoms with E-state index in [1.165, 1.54) is 4.90 Å². The molecule has 1 aliphatic carbocycles. The third-order valence-electron chi connectivity index (χ3n) is 3.98. The molecule has 0 radical (unpaired) electrons. The fourth-order valence-electron chi connectivity index (χ4n) is 2.93. The van der Waals surface area contributed by atoms with E-state index in [0.717, 1.165) is 12.8 Å². The first kappa shape index (κ1) is 13.3. The lowest BCUT2D eigenvalue weighted by Gasteiger charge is -2.09. The van der Waals surface area contributed by atoms with Crippen LogP contribution in [0.25, 0.3) is 0 Å². The van der Waals surface area contributed by atoms with Crippen LogP contribution in [0.2, 0.25) is 0 Å². The normalized spacial score (nSPS) is 24.6. The molecule has 0 aromatic heterocycles. The van der Waals surface area contributed by atoms with Gasteiger partial charge in [0.1, 0.15) is 5.56 Å². The number of carbonyl (C=O) groups is 1. The van der Waals surface area contributed by atoms with Gasteiger partial charge in [-0.3, -0.25) is 4.79 Å². The molecule has 2 nitrogen and oxygen atoms in total. The van der Waals surface area contributed by atoms with Gasteiger partial charge in [0.15, 0.2) is 23.3 Å². The number of hydrogen-bond donors (Lipinski definition) is 0. The van der Waals surface area contributed by atoms with Gasteiger partial charge in [0.25, 0.3) is 5.91 Å². The zero-order valence-electron chi connectivity index (χ0n) is 10.2. The number of fused-ring (bicyclic) bond motifs is 1. The number of likely N-dealkylation sites (tertiary alicyclic amines) is 1. The lowest BCUT2D eigenvalue weighted by Crippen LogP contribution is -2.21. The standard InChI is InChI=1S/C13H10F5NO/c14-8-7(9(15)11(17)12(18)10(8)16)13(20)19-5-3-1-2-4-6(5)19/h5-6H,1-4H2. The fraction of sp³-hybridized carbons (Fsp3) is 0.462. The molecule has 2 atom stereocenters. The number of amides is 1. The van der Waals surface area contributed by atoms with Gasteiger partial charge in [-0.1, -0.05) is 12.8 Å². The van der Waals surface area contributed by atoms with Crippen molar-refractivity contribution in [3.8, 4) is 0 Å². The Hall–Kier alpha value is -1.66. The summed E-state index contributed by atoms with van der Waals surface area (Å²) in [7, 11) is 0. The molecule has 1 heterocycles. The number of rotatable bonds is 1. The summed E-state index contributed by atoms with van der Waals surface area (Å²) in [4.78, 5) is 13.2. The minimum absolute atomic E-state index is 0.133. The molecule has 2 fully saturated rings. The molecule has 2 aliphatic rings. The highest BCUT2D eigenvalue weighted by molar-refractivity contribution is 5.97. The van der Waals surface area contributed by atoms with Crippen LogP contribution in [0.3, 0.4) is 0 Å². The van der Waals surface area contributed by atoms with E-state index in [1.807, 2.05) is 0 Å². The van der Waals surface area contributed by atoms with Crippen molar-refractivity contribution in [2.75, 3.05) is 0 Å². The summed E-state index contributed by atoms with van der Waals surface area (Å²) in [6, 6.07) is -0.266. The highest BCUT2D eigenvalue weighted by Crippen LogP contribution is 2.42. The lowest BCUT2D eigenvalue weighted by molar-refractivity contribution is 0.0852. The first-order chi connectivity index (χ1) is 9.45.